The van der Waals surface area contributed by atoms with Crippen LogP contribution in [-0.4, -0.2) is 41.4 Å². The molecule has 0 bridgehead atoms. The van der Waals surface area contributed by atoms with Crippen molar-refractivity contribution in [3.8, 4) is 0 Å². The largest absolute Gasteiger partial charge is 0.423 e. The molecule has 23 heavy (non-hydrogen) atoms. The zero-order valence-electron chi connectivity index (χ0n) is 14.6. The molecule has 5 heteroatoms. The summed E-state index contributed by atoms with van der Waals surface area (Å²) in [6.07, 6.45) is 1.53. The van der Waals surface area contributed by atoms with E-state index in [9.17, 15) is 4.79 Å². The molecule has 0 heterocycles. The standard InChI is InChI=1S/C18H28NO3Si/c1-6-21-23(22-7-2)17-11-9-8-10-15(17)12-13-16(19-5)18(20)14(3)4/h8-11,16,19H,3,6-7,12-13H2,1-2,4-5H3. The molecule has 1 rings (SSSR count). The van der Waals surface area contributed by atoms with Gasteiger partial charge >= 0.3 is 9.28 Å². The van der Waals surface area contributed by atoms with Crippen LogP contribution in [-0.2, 0) is 20.1 Å². The topological polar surface area (TPSA) is 47.6 Å². The quantitative estimate of drug-likeness (QED) is 0.497. The maximum Gasteiger partial charge on any atom is 0.423 e. The highest BCUT2D eigenvalue weighted by molar-refractivity contribution is 6.61. The van der Waals surface area contributed by atoms with Gasteiger partial charge in [0.25, 0.3) is 0 Å². The Labute approximate surface area is 141 Å². The molecule has 1 atom stereocenters. The average Bonchev–Trinajstić information content (AvgIpc) is 2.55. The van der Waals surface area contributed by atoms with Crippen LogP contribution in [0.5, 0.6) is 0 Å². The van der Waals surface area contributed by atoms with Crippen molar-refractivity contribution < 1.29 is 13.6 Å². The Bertz CT molecular complexity index is 513. The molecule has 1 aromatic carbocycles. The summed E-state index contributed by atoms with van der Waals surface area (Å²) in [7, 11) is 0.346. The minimum Gasteiger partial charge on any atom is -0.390 e. The summed E-state index contributed by atoms with van der Waals surface area (Å²) in [6.45, 7) is 10.7. The predicted molar refractivity (Wildman–Crippen MR) is 96.1 cm³/mol. The molecule has 127 valence electrons. The number of carbonyl (C=O) groups excluding carboxylic acids is 1. The number of carbonyl (C=O) groups is 1. The zero-order valence-corrected chi connectivity index (χ0v) is 15.6. The molecular weight excluding hydrogens is 306 g/mol. The lowest BCUT2D eigenvalue weighted by Crippen LogP contribution is -2.40. The van der Waals surface area contributed by atoms with Gasteiger partial charge in [-0.1, -0.05) is 30.8 Å². The van der Waals surface area contributed by atoms with Gasteiger partial charge in [-0.25, -0.2) is 0 Å². The smallest absolute Gasteiger partial charge is 0.390 e. The molecule has 1 radical (unpaired) electrons. The maximum atomic E-state index is 12.1. The maximum absolute atomic E-state index is 12.1. The van der Waals surface area contributed by atoms with Gasteiger partial charge in [0, 0.05) is 13.2 Å². The summed E-state index contributed by atoms with van der Waals surface area (Å²) in [4.78, 5) is 12.1. The van der Waals surface area contributed by atoms with E-state index in [4.69, 9.17) is 8.85 Å². The molecule has 0 saturated carbocycles. The first-order valence-corrected chi connectivity index (χ1v) is 9.44. The lowest BCUT2D eigenvalue weighted by atomic mass is 9.99. The number of hydrogen-bond donors (Lipinski definition) is 1. The van der Waals surface area contributed by atoms with Crippen LogP contribution in [0.25, 0.3) is 0 Å². The van der Waals surface area contributed by atoms with Gasteiger partial charge in [-0.15, -0.1) is 0 Å². The SMILES string of the molecule is C=C(C)C(=O)C(CCc1ccccc1[Si](OCC)OCC)NC. The van der Waals surface area contributed by atoms with Crippen molar-refractivity contribution in [1.82, 2.24) is 5.32 Å². The highest BCUT2D eigenvalue weighted by atomic mass is 28.3. The monoisotopic (exact) mass is 334 g/mol. The van der Waals surface area contributed by atoms with E-state index in [-0.39, 0.29) is 11.8 Å². The van der Waals surface area contributed by atoms with Crippen molar-refractivity contribution in [1.29, 1.82) is 0 Å². The van der Waals surface area contributed by atoms with Crippen molar-refractivity contribution >= 4 is 20.3 Å². The van der Waals surface area contributed by atoms with E-state index >= 15 is 0 Å². The molecule has 0 aliphatic heterocycles. The van der Waals surface area contributed by atoms with E-state index in [1.54, 1.807) is 6.92 Å². The van der Waals surface area contributed by atoms with Crippen LogP contribution in [0.1, 0.15) is 32.8 Å². The van der Waals surface area contributed by atoms with Crippen molar-refractivity contribution in [3.63, 3.8) is 0 Å². The highest BCUT2D eigenvalue weighted by Gasteiger charge is 2.23. The first-order valence-electron chi connectivity index (χ1n) is 8.12. The van der Waals surface area contributed by atoms with E-state index in [1.165, 1.54) is 5.56 Å². The van der Waals surface area contributed by atoms with Crippen molar-refractivity contribution in [2.24, 2.45) is 0 Å². The summed E-state index contributed by atoms with van der Waals surface area (Å²) in [5, 5.41) is 4.23. The van der Waals surface area contributed by atoms with Gasteiger partial charge in [-0.2, -0.15) is 0 Å². The van der Waals surface area contributed by atoms with Gasteiger partial charge in [-0.3, -0.25) is 4.79 Å². The van der Waals surface area contributed by atoms with E-state index in [2.05, 4.69) is 24.0 Å². The molecule has 1 N–H and O–H groups in total. The molecule has 0 aliphatic rings. The van der Waals surface area contributed by atoms with Gasteiger partial charge < -0.3 is 14.2 Å². The normalized spacial score (nSPS) is 12.4. The summed E-state index contributed by atoms with van der Waals surface area (Å²) < 4.78 is 11.6. The fraction of sp³-hybridized carbons (Fsp3) is 0.500. The summed E-state index contributed by atoms with van der Waals surface area (Å²) in [5.74, 6) is 0.0742. The third-order valence-electron chi connectivity index (χ3n) is 3.58. The second kappa shape index (κ2) is 10.5. The van der Waals surface area contributed by atoms with Gasteiger partial charge in [0.1, 0.15) is 0 Å². The number of Topliss-reactive ketones (excluding diaryl/α,β-unsaturated/α-hetero) is 1. The number of ketones is 1. The number of nitrogens with one attached hydrogen (secondary N) is 1. The van der Waals surface area contributed by atoms with Crippen LogP contribution in [0.2, 0.25) is 0 Å². The van der Waals surface area contributed by atoms with Crippen molar-refractivity contribution in [3.05, 3.63) is 42.0 Å². The molecule has 4 nitrogen and oxygen atoms in total. The van der Waals surface area contributed by atoms with Gasteiger partial charge in [0.2, 0.25) is 0 Å². The summed E-state index contributed by atoms with van der Waals surface area (Å²) >= 11 is 0. The lowest BCUT2D eigenvalue weighted by Gasteiger charge is -2.19. The van der Waals surface area contributed by atoms with Crippen LogP contribution in [0.15, 0.2) is 36.4 Å². The molecular formula is C18H28NO3Si. The molecule has 0 spiro atoms. The predicted octanol–water partition coefficient (Wildman–Crippen LogP) is 2.12. The van der Waals surface area contributed by atoms with Crippen molar-refractivity contribution in [2.45, 2.75) is 39.7 Å². The van der Waals surface area contributed by atoms with E-state index < -0.39 is 9.28 Å². The average molecular weight is 335 g/mol. The number of aryl methyl sites for hydroxylation is 1. The first kappa shape index (κ1) is 19.8. The van der Waals surface area contributed by atoms with E-state index in [0.717, 1.165) is 18.0 Å². The first-order chi connectivity index (χ1) is 11.0. The number of hydrogen-bond acceptors (Lipinski definition) is 4. The Hall–Kier alpha value is -1.27. The number of likely N-dealkylation sites (N-methyl/N-ethyl adjacent to an activating group) is 1. The fourth-order valence-electron chi connectivity index (χ4n) is 2.40. The third-order valence-corrected chi connectivity index (χ3v) is 5.61. The Balaban J connectivity index is 2.87. The van der Waals surface area contributed by atoms with Crippen molar-refractivity contribution in [2.75, 3.05) is 20.3 Å². The minimum atomic E-state index is -1.47. The Kier molecular flexibility index (Phi) is 9.02. The molecule has 1 aromatic rings. The van der Waals surface area contributed by atoms with Crippen LogP contribution in [0.4, 0.5) is 0 Å². The summed E-state index contributed by atoms with van der Waals surface area (Å²) in [5.41, 5.74) is 1.78. The van der Waals surface area contributed by atoms with Crippen LogP contribution in [0.3, 0.4) is 0 Å². The molecule has 0 fully saturated rings. The molecule has 0 aliphatic carbocycles. The molecule has 1 unspecified atom stereocenters. The highest BCUT2D eigenvalue weighted by Crippen LogP contribution is 2.09. The summed E-state index contributed by atoms with van der Waals surface area (Å²) in [6, 6.07) is 8.00. The van der Waals surface area contributed by atoms with Gasteiger partial charge in [-0.05, 0) is 57.0 Å². The lowest BCUT2D eigenvalue weighted by molar-refractivity contribution is -0.117. The third kappa shape index (κ3) is 6.03. The number of rotatable bonds is 11. The van der Waals surface area contributed by atoms with E-state index in [0.29, 0.717) is 18.8 Å². The zero-order chi connectivity index (χ0) is 17.2. The van der Waals surface area contributed by atoms with Crippen LogP contribution < -0.4 is 10.5 Å². The number of benzene rings is 1. The molecule has 0 saturated heterocycles. The Morgan fingerprint density at radius 3 is 2.39 bits per heavy atom. The van der Waals surface area contributed by atoms with Gasteiger partial charge in [0.15, 0.2) is 5.78 Å². The fourth-order valence-corrected chi connectivity index (χ4v) is 4.02. The Morgan fingerprint density at radius 2 is 1.87 bits per heavy atom. The second-order valence-corrected chi connectivity index (χ2v) is 7.03. The minimum absolute atomic E-state index is 0.0742. The molecule has 0 amide bonds. The molecule has 0 aromatic heterocycles. The second-order valence-electron chi connectivity index (χ2n) is 5.34. The van der Waals surface area contributed by atoms with Crippen LogP contribution in [0, 0.1) is 0 Å². The van der Waals surface area contributed by atoms with Crippen LogP contribution >= 0.6 is 0 Å². The van der Waals surface area contributed by atoms with E-state index in [1.807, 2.05) is 33.0 Å². The Morgan fingerprint density at radius 1 is 1.26 bits per heavy atom. The van der Waals surface area contributed by atoms with Gasteiger partial charge in [0.05, 0.1) is 6.04 Å².